The summed E-state index contributed by atoms with van der Waals surface area (Å²) in [7, 11) is 0. The minimum absolute atomic E-state index is 0.163. The number of unbranched alkanes of at least 4 members (excludes halogenated alkanes) is 4. The normalized spacial score (nSPS) is 12.8. The maximum Gasteiger partial charge on any atom is 0.243 e. The molecule has 0 aromatic rings. The van der Waals surface area contributed by atoms with E-state index in [4.69, 9.17) is 0 Å². The van der Waals surface area contributed by atoms with E-state index in [9.17, 15) is 9.59 Å². The van der Waals surface area contributed by atoms with Gasteiger partial charge in [-0.1, -0.05) is 46.5 Å². The number of carbonyl (C=O) groups is 2. The predicted molar refractivity (Wildman–Crippen MR) is 95.2 cm³/mol. The zero-order chi connectivity index (χ0) is 16.3. The smallest absolute Gasteiger partial charge is 0.243 e. The first kappa shape index (κ1) is 20.6. The quantitative estimate of drug-likeness (QED) is 0.346. The molecule has 0 saturated heterocycles. The first-order chi connectivity index (χ1) is 9.88. The lowest BCUT2D eigenvalue weighted by Crippen LogP contribution is -2.52. The van der Waals surface area contributed by atoms with Crippen LogP contribution in [0.3, 0.4) is 0 Å². The average Bonchev–Trinajstić information content (AvgIpc) is 2.47. The van der Waals surface area contributed by atoms with Gasteiger partial charge in [-0.2, -0.15) is 25.3 Å². The van der Waals surface area contributed by atoms with Crippen LogP contribution in [0.15, 0.2) is 0 Å². The third kappa shape index (κ3) is 8.61. The molecule has 0 aliphatic carbocycles. The van der Waals surface area contributed by atoms with Crippen molar-refractivity contribution in [3.05, 3.63) is 0 Å². The number of amides is 2. The number of hydrogen-bond donors (Lipinski definition) is 4. The molecule has 0 unspecified atom stereocenters. The monoisotopic (exact) mass is 334 g/mol. The second kappa shape index (κ2) is 11.2. The lowest BCUT2D eigenvalue weighted by molar-refractivity contribution is -0.132. The molecule has 1 atom stereocenters. The SMILES string of the molecule is CCCCCCCNC(=O)[C@@H](CS)NC(=O)C(C)(C)CS. The van der Waals surface area contributed by atoms with Gasteiger partial charge < -0.3 is 10.6 Å². The second-order valence-corrected chi connectivity index (χ2v) is 6.64. The molecule has 6 heteroatoms. The largest absolute Gasteiger partial charge is 0.354 e. The zero-order valence-corrected chi connectivity index (χ0v) is 15.2. The van der Waals surface area contributed by atoms with Gasteiger partial charge in [-0.25, -0.2) is 0 Å². The number of nitrogens with one attached hydrogen (secondary N) is 2. The summed E-state index contributed by atoms with van der Waals surface area (Å²) in [5, 5.41) is 5.61. The highest BCUT2D eigenvalue weighted by Gasteiger charge is 2.29. The first-order valence-electron chi connectivity index (χ1n) is 7.69. The third-order valence-electron chi connectivity index (χ3n) is 3.39. The molecule has 0 aliphatic rings. The van der Waals surface area contributed by atoms with Crippen molar-refractivity contribution in [1.29, 1.82) is 0 Å². The molecule has 21 heavy (non-hydrogen) atoms. The van der Waals surface area contributed by atoms with Gasteiger partial charge >= 0.3 is 0 Å². The van der Waals surface area contributed by atoms with Crippen LogP contribution in [0.4, 0.5) is 0 Å². The summed E-state index contributed by atoms with van der Waals surface area (Å²) in [5.41, 5.74) is -0.593. The Morgan fingerprint density at radius 2 is 1.71 bits per heavy atom. The molecule has 0 aromatic carbocycles. The molecule has 0 spiro atoms. The molecule has 0 aromatic heterocycles. The van der Waals surface area contributed by atoms with Crippen molar-refractivity contribution in [2.24, 2.45) is 5.41 Å². The molecule has 124 valence electrons. The van der Waals surface area contributed by atoms with E-state index in [0.717, 1.165) is 12.8 Å². The minimum atomic E-state index is -0.593. The molecule has 0 saturated carbocycles. The Bertz CT molecular complexity index is 323. The Labute approximate surface area is 140 Å². The van der Waals surface area contributed by atoms with E-state index in [0.29, 0.717) is 12.3 Å². The molecular formula is C15H30N2O2S2. The lowest BCUT2D eigenvalue weighted by atomic mass is 9.95. The Kier molecular flexibility index (Phi) is 11.0. The van der Waals surface area contributed by atoms with Crippen molar-refractivity contribution < 1.29 is 9.59 Å². The van der Waals surface area contributed by atoms with Crippen molar-refractivity contribution in [1.82, 2.24) is 10.6 Å². The van der Waals surface area contributed by atoms with E-state index in [2.05, 4.69) is 42.8 Å². The van der Waals surface area contributed by atoms with Gasteiger partial charge in [-0.3, -0.25) is 9.59 Å². The molecule has 0 rings (SSSR count). The maximum absolute atomic E-state index is 12.0. The Morgan fingerprint density at radius 3 is 2.24 bits per heavy atom. The molecule has 0 bridgehead atoms. The van der Waals surface area contributed by atoms with Crippen molar-refractivity contribution >= 4 is 37.1 Å². The highest BCUT2D eigenvalue weighted by Crippen LogP contribution is 2.17. The fourth-order valence-corrected chi connectivity index (χ4v) is 2.08. The zero-order valence-electron chi connectivity index (χ0n) is 13.4. The summed E-state index contributed by atoms with van der Waals surface area (Å²) in [4.78, 5) is 24.1. The van der Waals surface area contributed by atoms with Crippen LogP contribution in [0.25, 0.3) is 0 Å². The van der Waals surface area contributed by atoms with Gasteiger partial charge in [0, 0.05) is 18.1 Å². The van der Waals surface area contributed by atoms with E-state index >= 15 is 0 Å². The van der Waals surface area contributed by atoms with Crippen LogP contribution >= 0.6 is 25.3 Å². The average molecular weight is 335 g/mol. The van der Waals surface area contributed by atoms with Crippen molar-refractivity contribution in [3.8, 4) is 0 Å². The number of carbonyl (C=O) groups excluding carboxylic acids is 2. The fraction of sp³-hybridized carbons (Fsp3) is 0.867. The van der Waals surface area contributed by atoms with Crippen molar-refractivity contribution in [3.63, 3.8) is 0 Å². The Balaban J connectivity index is 4.10. The van der Waals surface area contributed by atoms with Crippen LogP contribution in [0, 0.1) is 5.41 Å². The summed E-state index contributed by atoms with van der Waals surface area (Å²) in [6, 6.07) is -0.587. The predicted octanol–water partition coefficient (Wildman–Crippen LogP) is 2.44. The summed E-state index contributed by atoms with van der Waals surface area (Å²) in [6.45, 7) is 6.43. The van der Waals surface area contributed by atoms with Crippen LogP contribution in [0.5, 0.6) is 0 Å². The third-order valence-corrected chi connectivity index (χ3v) is 4.55. The van der Waals surface area contributed by atoms with E-state index in [1.807, 2.05) is 0 Å². The van der Waals surface area contributed by atoms with Gasteiger partial charge in [0.05, 0.1) is 5.41 Å². The summed E-state index contributed by atoms with van der Waals surface area (Å²) in [6.07, 6.45) is 5.75. The standard InChI is InChI=1S/C15H30N2O2S2/c1-4-5-6-7-8-9-16-13(18)12(10-20)17-14(19)15(2,3)11-21/h12,20-21H,4-11H2,1-3H3,(H,16,18)(H,17,19)/t12-/m1/s1. The van der Waals surface area contributed by atoms with Gasteiger partial charge in [-0.15, -0.1) is 0 Å². The molecule has 0 heterocycles. The molecule has 0 fully saturated rings. The molecule has 0 aliphatic heterocycles. The van der Waals surface area contributed by atoms with Crippen LogP contribution < -0.4 is 10.6 Å². The van der Waals surface area contributed by atoms with Crippen LogP contribution in [0.2, 0.25) is 0 Å². The fourth-order valence-electron chi connectivity index (χ4n) is 1.68. The van der Waals surface area contributed by atoms with E-state index in [-0.39, 0.29) is 17.6 Å². The van der Waals surface area contributed by atoms with Gasteiger partial charge in [0.15, 0.2) is 0 Å². The van der Waals surface area contributed by atoms with Gasteiger partial charge in [0.1, 0.15) is 6.04 Å². The number of hydrogen-bond acceptors (Lipinski definition) is 4. The summed E-state index contributed by atoms with van der Waals surface area (Å²) >= 11 is 8.31. The first-order valence-corrected chi connectivity index (χ1v) is 8.96. The molecule has 0 radical (unpaired) electrons. The Morgan fingerprint density at radius 1 is 1.10 bits per heavy atom. The van der Waals surface area contributed by atoms with E-state index in [1.54, 1.807) is 13.8 Å². The van der Waals surface area contributed by atoms with E-state index in [1.165, 1.54) is 19.3 Å². The van der Waals surface area contributed by atoms with Crippen LogP contribution in [0.1, 0.15) is 52.9 Å². The Hall–Kier alpha value is -0.360. The topological polar surface area (TPSA) is 58.2 Å². The molecule has 4 nitrogen and oxygen atoms in total. The highest BCUT2D eigenvalue weighted by atomic mass is 32.1. The van der Waals surface area contributed by atoms with Crippen molar-refractivity contribution in [2.75, 3.05) is 18.1 Å². The minimum Gasteiger partial charge on any atom is -0.354 e. The van der Waals surface area contributed by atoms with E-state index < -0.39 is 11.5 Å². The second-order valence-electron chi connectivity index (χ2n) is 5.96. The van der Waals surface area contributed by atoms with Crippen LogP contribution in [-0.4, -0.2) is 35.9 Å². The highest BCUT2D eigenvalue weighted by molar-refractivity contribution is 7.80. The van der Waals surface area contributed by atoms with Gasteiger partial charge in [-0.05, 0) is 6.42 Å². The van der Waals surface area contributed by atoms with Gasteiger partial charge in [0.2, 0.25) is 11.8 Å². The molecular weight excluding hydrogens is 304 g/mol. The summed E-state index contributed by atoms with van der Waals surface area (Å²) < 4.78 is 0. The summed E-state index contributed by atoms with van der Waals surface area (Å²) in [5.74, 6) is 0.381. The number of rotatable bonds is 11. The molecule has 2 amide bonds. The number of thiol groups is 2. The van der Waals surface area contributed by atoms with Gasteiger partial charge in [0.25, 0.3) is 0 Å². The van der Waals surface area contributed by atoms with Crippen LogP contribution in [-0.2, 0) is 9.59 Å². The molecule has 2 N–H and O–H groups in total. The lowest BCUT2D eigenvalue weighted by Gasteiger charge is -2.24. The maximum atomic E-state index is 12.0. The van der Waals surface area contributed by atoms with Crippen molar-refractivity contribution in [2.45, 2.75) is 58.9 Å².